The van der Waals surface area contributed by atoms with E-state index in [0.29, 0.717) is 16.8 Å². The van der Waals surface area contributed by atoms with E-state index in [-0.39, 0.29) is 0 Å². The SMILES string of the molecule is Cc1ccc2cc3c(nc2c1)N(c1ccc(C(=O)Oc2cccc4cccnc24)cc1)CC3. The van der Waals surface area contributed by atoms with Crippen LogP contribution in [0.25, 0.3) is 21.8 Å². The van der Waals surface area contributed by atoms with Gasteiger partial charge in [-0.2, -0.15) is 0 Å². The zero-order chi connectivity index (χ0) is 22.4. The van der Waals surface area contributed by atoms with Gasteiger partial charge in [0.2, 0.25) is 0 Å². The molecule has 0 bridgehead atoms. The molecule has 5 nitrogen and oxygen atoms in total. The number of anilines is 2. The monoisotopic (exact) mass is 431 g/mol. The molecule has 0 amide bonds. The third-order valence-corrected chi connectivity index (χ3v) is 6.10. The van der Waals surface area contributed by atoms with Crippen molar-refractivity contribution in [2.45, 2.75) is 13.3 Å². The van der Waals surface area contributed by atoms with Gasteiger partial charge in [0.05, 0.1) is 11.1 Å². The van der Waals surface area contributed by atoms with Crippen LogP contribution in [0.4, 0.5) is 11.5 Å². The molecule has 0 fully saturated rings. The lowest BCUT2D eigenvalue weighted by Gasteiger charge is -2.19. The lowest BCUT2D eigenvalue weighted by Crippen LogP contribution is -2.15. The number of nitrogens with zero attached hydrogens (tertiary/aromatic N) is 3. The second-order valence-electron chi connectivity index (χ2n) is 8.34. The molecule has 1 aliphatic rings. The number of para-hydroxylation sites is 1. The number of rotatable bonds is 3. The minimum absolute atomic E-state index is 0.402. The number of pyridine rings is 2. The Bertz CT molecular complexity index is 1520. The Balaban J connectivity index is 1.27. The van der Waals surface area contributed by atoms with Crippen LogP contribution in [0, 0.1) is 6.92 Å². The average Bonchev–Trinajstić information content (AvgIpc) is 3.25. The van der Waals surface area contributed by atoms with Gasteiger partial charge in [-0.3, -0.25) is 4.98 Å². The highest BCUT2D eigenvalue weighted by molar-refractivity contribution is 5.94. The molecular formula is C28H21N3O2. The molecule has 160 valence electrons. The van der Waals surface area contributed by atoms with Crippen LogP contribution in [0.3, 0.4) is 0 Å². The number of aromatic nitrogens is 2. The van der Waals surface area contributed by atoms with Crippen molar-refractivity contribution in [1.29, 1.82) is 0 Å². The second kappa shape index (κ2) is 7.71. The van der Waals surface area contributed by atoms with E-state index in [1.54, 1.807) is 24.4 Å². The van der Waals surface area contributed by atoms with Crippen LogP contribution in [0.15, 0.2) is 85.1 Å². The van der Waals surface area contributed by atoms with Gasteiger partial charge in [0.25, 0.3) is 0 Å². The predicted molar refractivity (Wildman–Crippen MR) is 130 cm³/mol. The number of carbonyl (C=O) groups is 1. The Kier molecular flexibility index (Phi) is 4.54. The van der Waals surface area contributed by atoms with E-state index in [2.05, 4.69) is 41.1 Å². The van der Waals surface area contributed by atoms with Crippen LogP contribution in [0.5, 0.6) is 5.75 Å². The van der Waals surface area contributed by atoms with Crippen LogP contribution < -0.4 is 9.64 Å². The molecule has 1 aliphatic heterocycles. The molecule has 33 heavy (non-hydrogen) atoms. The van der Waals surface area contributed by atoms with Crippen molar-refractivity contribution in [2.24, 2.45) is 0 Å². The highest BCUT2D eigenvalue weighted by atomic mass is 16.5. The smallest absolute Gasteiger partial charge is 0.343 e. The molecule has 6 rings (SSSR count). The Morgan fingerprint density at radius 3 is 2.67 bits per heavy atom. The van der Waals surface area contributed by atoms with Gasteiger partial charge in [-0.1, -0.05) is 30.3 Å². The zero-order valence-electron chi connectivity index (χ0n) is 18.2. The van der Waals surface area contributed by atoms with Crippen LogP contribution in [0.2, 0.25) is 0 Å². The van der Waals surface area contributed by atoms with E-state index >= 15 is 0 Å². The summed E-state index contributed by atoms with van der Waals surface area (Å²) in [4.78, 5) is 24.3. The number of aryl methyl sites for hydroxylation is 1. The molecule has 3 heterocycles. The molecule has 0 spiro atoms. The van der Waals surface area contributed by atoms with Crippen molar-refractivity contribution in [2.75, 3.05) is 11.4 Å². The van der Waals surface area contributed by atoms with Crippen molar-refractivity contribution in [3.8, 4) is 5.75 Å². The molecule has 5 heteroatoms. The van der Waals surface area contributed by atoms with Crippen LogP contribution in [-0.2, 0) is 6.42 Å². The maximum Gasteiger partial charge on any atom is 0.343 e. The molecule has 0 saturated heterocycles. The fraction of sp³-hybridized carbons (Fsp3) is 0.107. The topological polar surface area (TPSA) is 55.3 Å². The van der Waals surface area contributed by atoms with Crippen molar-refractivity contribution in [3.05, 3.63) is 102 Å². The lowest BCUT2D eigenvalue weighted by molar-refractivity contribution is 0.0737. The molecule has 0 saturated carbocycles. The maximum absolute atomic E-state index is 12.8. The van der Waals surface area contributed by atoms with Crippen molar-refractivity contribution < 1.29 is 9.53 Å². The highest BCUT2D eigenvalue weighted by Crippen LogP contribution is 2.35. The largest absolute Gasteiger partial charge is 0.421 e. The van der Waals surface area contributed by atoms with E-state index in [1.165, 1.54) is 16.5 Å². The van der Waals surface area contributed by atoms with Gasteiger partial charge in [0.15, 0.2) is 5.75 Å². The summed E-state index contributed by atoms with van der Waals surface area (Å²) in [6, 6.07) is 25.5. The van der Waals surface area contributed by atoms with E-state index in [1.807, 2.05) is 36.4 Å². The predicted octanol–water partition coefficient (Wildman–Crippen LogP) is 6.00. The number of carbonyl (C=O) groups excluding carboxylic acids is 1. The minimum atomic E-state index is -0.402. The number of esters is 1. The number of fused-ring (bicyclic) bond motifs is 3. The Morgan fingerprint density at radius 1 is 0.939 bits per heavy atom. The molecule has 2 aromatic heterocycles. The summed E-state index contributed by atoms with van der Waals surface area (Å²) >= 11 is 0. The first kappa shape index (κ1) is 19.4. The molecule has 0 radical (unpaired) electrons. The Morgan fingerprint density at radius 2 is 1.79 bits per heavy atom. The van der Waals surface area contributed by atoms with Crippen molar-refractivity contribution in [1.82, 2.24) is 9.97 Å². The molecular weight excluding hydrogens is 410 g/mol. The van der Waals surface area contributed by atoms with Gasteiger partial charge >= 0.3 is 5.97 Å². The van der Waals surface area contributed by atoms with Gasteiger partial charge in [-0.15, -0.1) is 0 Å². The van der Waals surface area contributed by atoms with Crippen molar-refractivity contribution in [3.63, 3.8) is 0 Å². The van der Waals surface area contributed by atoms with Gasteiger partial charge in [-0.25, -0.2) is 9.78 Å². The molecule has 5 aromatic rings. The fourth-order valence-electron chi connectivity index (χ4n) is 4.41. The van der Waals surface area contributed by atoms with Gasteiger partial charge in [-0.05, 0) is 73.0 Å². The van der Waals surface area contributed by atoms with E-state index in [0.717, 1.165) is 35.4 Å². The number of ether oxygens (including phenoxy) is 1. The first-order chi connectivity index (χ1) is 16.2. The summed E-state index contributed by atoms with van der Waals surface area (Å²) in [6.07, 6.45) is 2.64. The first-order valence-corrected chi connectivity index (χ1v) is 11.0. The average molecular weight is 431 g/mol. The van der Waals surface area contributed by atoms with Crippen LogP contribution >= 0.6 is 0 Å². The summed E-state index contributed by atoms with van der Waals surface area (Å²) in [5.41, 5.74) is 5.63. The molecule has 0 atom stereocenters. The van der Waals surface area contributed by atoms with E-state index in [4.69, 9.17) is 9.72 Å². The normalized spacial score (nSPS) is 12.8. The molecule has 3 aromatic carbocycles. The standard InChI is InChI=1S/C28H21N3O2/c1-18-7-8-21-17-22-13-15-31(27(22)30-24(21)16-18)23-11-9-20(10-12-23)28(32)33-25-6-2-4-19-5-3-14-29-26(19)25/h2-12,14,16-17H,13,15H2,1H3. The third kappa shape index (κ3) is 3.48. The lowest BCUT2D eigenvalue weighted by atomic mass is 10.1. The molecule has 0 unspecified atom stereocenters. The fourth-order valence-corrected chi connectivity index (χ4v) is 4.41. The minimum Gasteiger partial charge on any atom is -0.421 e. The molecule has 0 N–H and O–H groups in total. The van der Waals surface area contributed by atoms with E-state index < -0.39 is 5.97 Å². The van der Waals surface area contributed by atoms with Crippen LogP contribution in [-0.4, -0.2) is 22.5 Å². The maximum atomic E-state index is 12.8. The van der Waals surface area contributed by atoms with Gasteiger partial charge in [0, 0.05) is 29.2 Å². The summed E-state index contributed by atoms with van der Waals surface area (Å²) < 4.78 is 5.67. The Labute approximate surface area is 191 Å². The Hall–Kier alpha value is -4.25. The first-order valence-electron chi connectivity index (χ1n) is 11.0. The number of hydrogen-bond donors (Lipinski definition) is 0. The summed E-state index contributed by atoms with van der Waals surface area (Å²) in [5, 5.41) is 2.10. The number of benzene rings is 3. The van der Waals surface area contributed by atoms with E-state index in [9.17, 15) is 4.79 Å². The molecule has 0 aliphatic carbocycles. The quantitative estimate of drug-likeness (QED) is 0.259. The zero-order valence-corrected chi connectivity index (χ0v) is 18.2. The number of hydrogen-bond acceptors (Lipinski definition) is 5. The highest BCUT2D eigenvalue weighted by Gasteiger charge is 2.23. The summed E-state index contributed by atoms with van der Waals surface area (Å²) in [7, 11) is 0. The van der Waals surface area contributed by atoms with Crippen LogP contribution in [0.1, 0.15) is 21.5 Å². The second-order valence-corrected chi connectivity index (χ2v) is 8.34. The summed E-state index contributed by atoms with van der Waals surface area (Å²) in [5.74, 6) is 1.05. The van der Waals surface area contributed by atoms with Crippen molar-refractivity contribution >= 4 is 39.3 Å². The van der Waals surface area contributed by atoms with Gasteiger partial charge in [0.1, 0.15) is 11.3 Å². The third-order valence-electron chi connectivity index (χ3n) is 6.10. The van der Waals surface area contributed by atoms with Gasteiger partial charge < -0.3 is 9.64 Å². The summed E-state index contributed by atoms with van der Waals surface area (Å²) in [6.45, 7) is 2.95.